The van der Waals surface area contributed by atoms with E-state index in [0.717, 1.165) is 30.8 Å². The number of ether oxygens (including phenoxy) is 1. The molecule has 1 aromatic carbocycles. The summed E-state index contributed by atoms with van der Waals surface area (Å²) >= 11 is 0. The van der Waals surface area contributed by atoms with Gasteiger partial charge in [0.25, 0.3) is 0 Å². The summed E-state index contributed by atoms with van der Waals surface area (Å²) in [7, 11) is 1.36. The number of carbonyl (C=O) groups excluding carboxylic acids is 1. The fourth-order valence-corrected chi connectivity index (χ4v) is 2.97. The average Bonchev–Trinajstić information content (AvgIpc) is 3.03. The third-order valence-corrected chi connectivity index (χ3v) is 4.12. The first-order valence-corrected chi connectivity index (χ1v) is 7.63. The zero-order valence-corrected chi connectivity index (χ0v) is 14.2. The van der Waals surface area contributed by atoms with Gasteiger partial charge in [-0.05, 0) is 29.3 Å². The second kappa shape index (κ2) is 8.28. The summed E-state index contributed by atoms with van der Waals surface area (Å²) in [5.41, 5.74) is 2.41. The van der Waals surface area contributed by atoms with E-state index in [9.17, 15) is 9.18 Å². The molecular formula is C17H21ClFN3O2. The molecule has 3 rings (SSSR count). The average molecular weight is 354 g/mol. The van der Waals surface area contributed by atoms with Gasteiger partial charge in [-0.15, -0.1) is 12.4 Å². The minimum atomic E-state index is -0.377. The molecule has 0 bridgehead atoms. The van der Waals surface area contributed by atoms with E-state index in [1.165, 1.54) is 13.2 Å². The van der Waals surface area contributed by atoms with Crippen LogP contribution in [0.15, 0.2) is 36.5 Å². The molecule has 2 N–H and O–H groups in total. The number of aromatic amines is 1. The van der Waals surface area contributed by atoms with E-state index < -0.39 is 0 Å². The van der Waals surface area contributed by atoms with Gasteiger partial charge in [0, 0.05) is 38.4 Å². The molecule has 7 heteroatoms. The fraction of sp³-hybridized carbons (Fsp3) is 0.353. The number of rotatable bonds is 4. The van der Waals surface area contributed by atoms with E-state index in [2.05, 4.69) is 15.2 Å². The topological polar surface area (TPSA) is 57.4 Å². The van der Waals surface area contributed by atoms with Crippen molar-refractivity contribution in [3.63, 3.8) is 0 Å². The van der Waals surface area contributed by atoms with E-state index in [4.69, 9.17) is 4.74 Å². The molecule has 2 aromatic rings. The van der Waals surface area contributed by atoms with Crippen LogP contribution in [0.25, 0.3) is 0 Å². The third kappa shape index (κ3) is 4.14. The molecule has 1 unspecified atom stereocenters. The number of esters is 1. The van der Waals surface area contributed by atoms with Gasteiger partial charge in [0.1, 0.15) is 11.5 Å². The lowest BCUT2D eigenvalue weighted by molar-refractivity contribution is 0.0594. The molecule has 1 saturated heterocycles. The van der Waals surface area contributed by atoms with Gasteiger partial charge in [-0.1, -0.05) is 12.1 Å². The number of piperazine rings is 1. The molecule has 0 aliphatic carbocycles. The molecule has 0 radical (unpaired) electrons. The summed E-state index contributed by atoms with van der Waals surface area (Å²) in [6.07, 6.45) is 1.82. The first-order chi connectivity index (χ1) is 11.2. The largest absolute Gasteiger partial charge is 0.464 e. The molecule has 1 aromatic heterocycles. The van der Waals surface area contributed by atoms with Crippen LogP contribution in [0.1, 0.15) is 27.7 Å². The number of hydrogen-bond donors (Lipinski definition) is 2. The first-order valence-electron chi connectivity index (χ1n) is 7.63. The van der Waals surface area contributed by atoms with E-state index in [-0.39, 0.29) is 30.2 Å². The summed E-state index contributed by atoms with van der Waals surface area (Å²) in [5.74, 6) is -0.596. The lowest BCUT2D eigenvalue weighted by Crippen LogP contribution is -2.45. The molecular weight excluding hydrogens is 333 g/mol. The van der Waals surface area contributed by atoms with Crippen molar-refractivity contribution < 1.29 is 13.9 Å². The van der Waals surface area contributed by atoms with E-state index in [0.29, 0.717) is 12.2 Å². The molecule has 1 aliphatic heterocycles. The zero-order valence-electron chi connectivity index (χ0n) is 13.4. The van der Waals surface area contributed by atoms with E-state index in [1.807, 2.05) is 12.3 Å². The van der Waals surface area contributed by atoms with Crippen molar-refractivity contribution in [2.45, 2.75) is 12.6 Å². The molecule has 24 heavy (non-hydrogen) atoms. The molecule has 1 atom stereocenters. The highest BCUT2D eigenvalue weighted by Crippen LogP contribution is 2.25. The van der Waals surface area contributed by atoms with Crippen LogP contribution in [0.4, 0.5) is 4.39 Å². The fourth-order valence-electron chi connectivity index (χ4n) is 2.97. The first kappa shape index (κ1) is 18.4. The van der Waals surface area contributed by atoms with Crippen LogP contribution in [-0.4, -0.2) is 42.6 Å². The summed E-state index contributed by atoms with van der Waals surface area (Å²) in [6, 6.07) is 8.64. The monoisotopic (exact) mass is 353 g/mol. The Bertz CT molecular complexity index is 692. The van der Waals surface area contributed by atoms with E-state index in [1.54, 1.807) is 18.2 Å². The molecule has 0 saturated carbocycles. The number of H-pyrrole nitrogens is 1. The Morgan fingerprint density at radius 3 is 3.00 bits per heavy atom. The van der Waals surface area contributed by atoms with Crippen LogP contribution in [0.5, 0.6) is 0 Å². The molecule has 0 amide bonds. The highest BCUT2D eigenvalue weighted by molar-refractivity contribution is 5.87. The number of aromatic nitrogens is 1. The highest BCUT2D eigenvalue weighted by atomic mass is 35.5. The number of hydrogen-bond acceptors (Lipinski definition) is 4. The Morgan fingerprint density at radius 1 is 1.42 bits per heavy atom. The quantitative estimate of drug-likeness (QED) is 0.829. The van der Waals surface area contributed by atoms with Crippen molar-refractivity contribution in [2.24, 2.45) is 0 Å². The van der Waals surface area contributed by atoms with Crippen LogP contribution in [0.3, 0.4) is 0 Å². The van der Waals surface area contributed by atoms with Crippen LogP contribution in [0, 0.1) is 5.82 Å². The molecule has 1 fully saturated rings. The van der Waals surface area contributed by atoms with Crippen molar-refractivity contribution in [1.82, 2.24) is 15.2 Å². The third-order valence-electron chi connectivity index (χ3n) is 4.12. The predicted molar refractivity (Wildman–Crippen MR) is 91.8 cm³/mol. The van der Waals surface area contributed by atoms with Crippen molar-refractivity contribution >= 4 is 18.4 Å². The lowest BCUT2D eigenvalue weighted by Gasteiger charge is -2.36. The standard InChI is InChI=1S/C17H20FN3O2.ClH/c1-23-17(22)15-7-12(9-20-15)11-21-6-5-19-10-16(21)13-3-2-4-14(18)8-13;/h2-4,7-9,16,19-20H,5-6,10-11H2,1H3;1H. The van der Waals surface area contributed by atoms with Gasteiger partial charge in [0.2, 0.25) is 0 Å². The molecule has 2 heterocycles. The second-order valence-electron chi connectivity index (χ2n) is 5.66. The summed E-state index contributed by atoms with van der Waals surface area (Å²) < 4.78 is 18.2. The van der Waals surface area contributed by atoms with E-state index >= 15 is 0 Å². The maximum Gasteiger partial charge on any atom is 0.354 e. The molecule has 130 valence electrons. The van der Waals surface area contributed by atoms with Crippen molar-refractivity contribution in [1.29, 1.82) is 0 Å². The van der Waals surface area contributed by atoms with Gasteiger partial charge in [-0.3, -0.25) is 4.90 Å². The van der Waals surface area contributed by atoms with Crippen LogP contribution >= 0.6 is 12.4 Å². The van der Waals surface area contributed by atoms with Gasteiger partial charge in [-0.25, -0.2) is 9.18 Å². The van der Waals surface area contributed by atoms with Gasteiger partial charge < -0.3 is 15.0 Å². The Kier molecular flexibility index (Phi) is 6.36. The van der Waals surface area contributed by atoms with Crippen molar-refractivity contribution in [2.75, 3.05) is 26.7 Å². The molecule has 1 aliphatic rings. The normalized spacial score (nSPS) is 18.0. The Hall–Kier alpha value is -1.89. The smallest absolute Gasteiger partial charge is 0.354 e. The number of halogens is 2. The minimum absolute atomic E-state index is 0. The zero-order chi connectivity index (χ0) is 16.2. The van der Waals surface area contributed by atoms with Crippen molar-refractivity contribution in [3.8, 4) is 0 Å². The van der Waals surface area contributed by atoms with Crippen LogP contribution < -0.4 is 5.32 Å². The number of carbonyl (C=O) groups is 1. The lowest BCUT2D eigenvalue weighted by atomic mass is 10.0. The van der Waals surface area contributed by atoms with Crippen LogP contribution in [-0.2, 0) is 11.3 Å². The van der Waals surface area contributed by atoms with Crippen LogP contribution in [0.2, 0.25) is 0 Å². The molecule has 0 spiro atoms. The number of methoxy groups -OCH3 is 1. The second-order valence-corrected chi connectivity index (χ2v) is 5.66. The van der Waals surface area contributed by atoms with Gasteiger partial charge in [0.15, 0.2) is 0 Å². The van der Waals surface area contributed by atoms with Gasteiger partial charge in [0.05, 0.1) is 7.11 Å². The summed E-state index contributed by atoms with van der Waals surface area (Å²) in [4.78, 5) is 16.7. The van der Waals surface area contributed by atoms with Gasteiger partial charge in [-0.2, -0.15) is 0 Å². The van der Waals surface area contributed by atoms with Crippen molar-refractivity contribution in [3.05, 3.63) is 59.2 Å². The number of nitrogens with zero attached hydrogens (tertiary/aromatic N) is 1. The van der Waals surface area contributed by atoms with Gasteiger partial charge >= 0.3 is 5.97 Å². The highest BCUT2D eigenvalue weighted by Gasteiger charge is 2.24. The maximum atomic E-state index is 13.5. The summed E-state index contributed by atoms with van der Waals surface area (Å²) in [5, 5.41) is 3.36. The Balaban J connectivity index is 0.00000208. The number of nitrogens with one attached hydrogen (secondary N) is 2. The minimum Gasteiger partial charge on any atom is -0.464 e. The summed E-state index contributed by atoms with van der Waals surface area (Å²) in [6.45, 7) is 3.22. The Labute approximate surface area is 146 Å². The predicted octanol–water partition coefficient (Wildman–Crippen LogP) is 2.51. The number of benzene rings is 1. The SMILES string of the molecule is COC(=O)c1cc(CN2CCNCC2c2cccc(F)c2)c[nH]1.Cl. The Morgan fingerprint density at radius 2 is 2.25 bits per heavy atom. The maximum absolute atomic E-state index is 13.5. The molecule has 5 nitrogen and oxygen atoms in total.